The highest BCUT2D eigenvalue weighted by Crippen LogP contribution is 2.21. The minimum absolute atomic E-state index is 0.0907. The summed E-state index contributed by atoms with van der Waals surface area (Å²) in [5, 5.41) is 3.38. The molecule has 1 fully saturated rings. The van der Waals surface area contributed by atoms with Crippen molar-refractivity contribution in [2.45, 2.75) is 25.0 Å². The first-order valence-corrected chi connectivity index (χ1v) is 9.18. The zero-order valence-electron chi connectivity index (χ0n) is 12.0. The molecule has 1 aliphatic rings. The molecule has 1 aromatic rings. The summed E-state index contributed by atoms with van der Waals surface area (Å²) in [6.45, 7) is 2.62. The quantitative estimate of drug-likeness (QED) is 0.876. The second kappa shape index (κ2) is 7.09. The lowest BCUT2D eigenvalue weighted by Crippen LogP contribution is -2.18. The Morgan fingerprint density at radius 2 is 1.95 bits per heavy atom. The van der Waals surface area contributed by atoms with Crippen molar-refractivity contribution < 1.29 is 13.2 Å². The van der Waals surface area contributed by atoms with E-state index in [-0.39, 0.29) is 5.75 Å². The van der Waals surface area contributed by atoms with Crippen molar-refractivity contribution in [2.24, 2.45) is 5.92 Å². The molecule has 4 nitrogen and oxygen atoms in total. The zero-order valence-corrected chi connectivity index (χ0v) is 12.8. The third-order valence-corrected chi connectivity index (χ3v) is 4.48. The summed E-state index contributed by atoms with van der Waals surface area (Å²) < 4.78 is 28.2. The fourth-order valence-electron chi connectivity index (χ4n) is 2.55. The summed E-state index contributed by atoms with van der Waals surface area (Å²) in [5.41, 5.74) is 1.78. The lowest BCUT2D eigenvalue weighted by atomic mass is 9.96. The van der Waals surface area contributed by atoms with E-state index >= 15 is 0 Å². The van der Waals surface area contributed by atoms with Gasteiger partial charge in [-0.2, -0.15) is 0 Å². The summed E-state index contributed by atoms with van der Waals surface area (Å²) in [4.78, 5) is 0. The van der Waals surface area contributed by atoms with Crippen LogP contribution in [0, 0.1) is 5.92 Å². The number of sulfone groups is 1. The van der Waals surface area contributed by atoms with Crippen molar-refractivity contribution in [3.05, 3.63) is 29.8 Å². The fourth-order valence-corrected chi connectivity index (χ4v) is 3.36. The Bertz CT molecular complexity index is 522. The Kier molecular flexibility index (Phi) is 5.43. The van der Waals surface area contributed by atoms with Gasteiger partial charge in [0, 0.05) is 31.7 Å². The molecular formula is C15H23NO3S. The lowest BCUT2D eigenvalue weighted by Gasteiger charge is -2.22. The number of hydrogen-bond donors (Lipinski definition) is 1. The van der Waals surface area contributed by atoms with Gasteiger partial charge in [0.2, 0.25) is 0 Å². The molecule has 112 valence electrons. The van der Waals surface area contributed by atoms with Crippen molar-refractivity contribution in [1.29, 1.82) is 0 Å². The topological polar surface area (TPSA) is 55.4 Å². The first-order valence-electron chi connectivity index (χ1n) is 7.12. The van der Waals surface area contributed by atoms with Gasteiger partial charge in [-0.1, -0.05) is 18.2 Å². The third kappa shape index (κ3) is 5.13. The monoisotopic (exact) mass is 297 g/mol. The maximum absolute atomic E-state index is 11.4. The van der Waals surface area contributed by atoms with Crippen LogP contribution in [0.3, 0.4) is 0 Å². The van der Waals surface area contributed by atoms with Crippen LogP contribution in [-0.2, 0) is 20.3 Å². The molecule has 0 radical (unpaired) electrons. The van der Waals surface area contributed by atoms with Crippen molar-refractivity contribution in [3.63, 3.8) is 0 Å². The molecule has 1 heterocycles. The van der Waals surface area contributed by atoms with Gasteiger partial charge in [0.25, 0.3) is 0 Å². The zero-order chi connectivity index (χ0) is 14.4. The second-order valence-electron chi connectivity index (χ2n) is 5.50. The first kappa shape index (κ1) is 15.3. The van der Waals surface area contributed by atoms with Gasteiger partial charge in [-0.3, -0.25) is 0 Å². The molecule has 20 heavy (non-hydrogen) atoms. The number of hydrogen-bond acceptors (Lipinski definition) is 4. The summed E-state index contributed by atoms with van der Waals surface area (Å²) in [6, 6.07) is 7.63. The maximum Gasteiger partial charge on any atom is 0.151 e. The predicted octanol–water partition coefficient (Wildman–Crippen LogP) is 2.46. The molecular weight excluding hydrogens is 274 g/mol. The minimum Gasteiger partial charge on any atom is -0.385 e. The molecule has 1 aliphatic heterocycles. The fraction of sp³-hybridized carbons (Fsp3) is 0.600. The first-order chi connectivity index (χ1) is 9.54. The summed E-state index contributed by atoms with van der Waals surface area (Å²) in [5.74, 6) is 0.811. The van der Waals surface area contributed by atoms with E-state index in [0.717, 1.165) is 56.2 Å². The van der Waals surface area contributed by atoms with E-state index in [2.05, 4.69) is 5.32 Å². The number of benzene rings is 1. The normalized spacial score (nSPS) is 17.1. The number of anilines is 1. The van der Waals surface area contributed by atoms with Crippen LogP contribution in [0.25, 0.3) is 0 Å². The van der Waals surface area contributed by atoms with Gasteiger partial charge in [-0.05, 0) is 36.8 Å². The lowest BCUT2D eigenvalue weighted by molar-refractivity contribution is 0.0649. The van der Waals surface area contributed by atoms with Gasteiger partial charge in [-0.15, -0.1) is 0 Å². The summed E-state index contributed by atoms with van der Waals surface area (Å²) in [6.07, 6.45) is 4.64. The van der Waals surface area contributed by atoms with Gasteiger partial charge in [-0.25, -0.2) is 8.42 Å². The molecule has 0 aromatic heterocycles. The molecule has 0 amide bonds. The Morgan fingerprint density at radius 1 is 1.25 bits per heavy atom. The van der Waals surface area contributed by atoms with E-state index in [1.165, 1.54) is 6.26 Å². The van der Waals surface area contributed by atoms with E-state index < -0.39 is 9.84 Å². The van der Waals surface area contributed by atoms with E-state index in [0.29, 0.717) is 0 Å². The molecule has 0 spiro atoms. The Hall–Kier alpha value is -1.07. The van der Waals surface area contributed by atoms with Gasteiger partial charge < -0.3 is 10.1 Å². The van der Waals surface area contributed by atoms with E-state index in [4.69, 9.17) is 4.74 Å². The van der Waals surface area contributed by atoms with Gasteiger partial charge in [0.15, 0.2) is 9.84 Å². The molecule has 1 aromatic carbocycles. The second-order valence-corrected chi connectivity index (χ2v) is 7.64. The molecule has 0 aliphatic carbocycles. The van der Waals surface area contributed by atoms with Crippen LogP contribution in [-0.4, -0.2) is 34.4 Å². The summed E-state index contributed by atoms with van der Waals surface area (Å²) in [7, 11) is -3.00. The standard InChI is InChI=1S/C15H23NO3S/c1-20(17,18)12-14-4-2-3-5-15(14)16-9-6-13-7-10-19-11-8-13/h2-5,13,16H,6-12H2,1H3. The number of para-hydroxylation sites is 1. The number of rotatable bonds is 6. The molecule has 2 rings (SSSR count). The SMILES string of the molecule is CS(=O)(=O)Cc1ccccc1NCCC1CCOCC1. The third-order valence-electron chi connectivity index (χ3n) is 3.64. The van der Waals surface area contributed by atoms with Crippen molar-refractivity contribution in [3.8, 4) is 0 Å². The van der Waals surface area contributed by atoms with Crippen LogP contribution >= 0.6 is 0 Å². The predicted molar refractivity (Wildman–Crippen MR) is 81.6 cm³/mol. The largest absolute Gasteiger partial charge is 0.385 e. The molecule has 1 N–H and O–H groups in total. The highest BCUT2D eigenvalue weighted by Gasteiger charge is 2.14. The van der Waals surface area contributed by atoms with Crippen LogP contribution in [0.5, 0.6) is 0 Å². The highest BCUT2D eigenvalue weighted by molar-refractivity contribution is 7.89. The smallest absolute Gasteiger partial charge is 0.151 e. The van der Waals surface area contributed by atoms with Crippen molar-refractivity contribution >= 4 is 15.5 Å². The van der Waals surface area contributed by atoms with E-state index in [9.17, 15) is 8.42 Å². The minimum atomic E-state index is -3.00. The van der Waals surface area contributed by atoms with Gasteiger partial charge in [0.1, 0.15) is 0 Å². The van der Waals surface area contributed by atoms with Crippen molar-refractivity contribution in [2.75, 3.05) is 31.3 Å². The maximum atomic E-state index is 11.4. The molecule has 0 saturated carbocycles. The van der Waals surface area contributed by atoms with Gasteiger partial charge >= 0.3 is 0 Å². The Labute approximate surface area is 121 Å². The van der Waals surface area contributed by atoms with Crippen LogP contribution in [0.2, 0.25) is 0 Å². The van der Waals surface area contributed by atoms with Crippen LogP contribution in [0.15, 0.2) is 24.3 Å². The molecule has 0 bridgehead atoms. The highest BCUT2D eigenvalue weighted by atomic mass is 32.2. The Balaban J connectivity index is 1.88. The van der Waals surface area contributed by atoms with E-state index in [1.807, 2.05) is 24.3 Å². The molecule has 5 heteroatoms. The van der Waals surface area contributed by atoms with Crippen LogP contribution in [0.1, 0.15) is 24.8 Å². The average Bonchev–Trinajstić information content (AvgIpc) is 2.40. The van der Waals surface area contributed by atoms with E-state index in [1.54, 1.807) is 0 Å². The van der Waals surface area contributed by atoms with Gasteiger partial charge in [0.05, 0.1) is 5.75 Å². The van der Waals surface area contributed by atoms with Crippen molar-refractivity contribution in [1.82, 2.24) is 0 Å². The molecule has 1 saturated heterocycles. The van der Waals surface area contributed by atoms with Crippen LogP contribution < -0.4 is 5.32 Å². The number of ether oxygens (including phenoxy) is 1. The molecule has 0 unspecified atom stereocenters. The van der Waals surface area contributed by atoms with Crippen LogP contribution in [0.4, 0.5) is 5.69 Å². The Morgan fingerprint density at radius 3 is 2.65 bits per heavy atom. The summed E-state index contributed by atoms with van der Waals surface area (Å²) >= 11 is 0. The number of nitrogens with one attached hydrogen (secondary N) is 1. The molecule has 0 atom stereocenters. The average molecular weight is 297 g/mol.